The Hall–Kier alpha value is -2.99. The van der Waals surface area contributed by atoms with Gasteiger partial charge in [-0.25, -0.2) is 0 Å². The number of hydrogen-bond acceptors (Lipinski definition) is 2. The Morgan fingerprint density at radius 2 is 1.59 bits per heavy atom. The number of rotatable bonds is 6. The normalized spacial score (nSPS) is 11.2. The Labute approximate surface area is 171 Å². The highest BCUT2D eigenvalue weighted by Gasteiger charge is 2.34. The summed E-state index contributed by atoms with van der Waals surface area (Å²) in [6.07, 6.45) is -3.96. The maximum absolute atomic E-state index is 13.2. The van der Waals surface area contributed by atoms with E-state index in [1.54, 1.807) is 0 Å². The second-order valence-electron chi connectivity index (χ2n) is 6.38. The number of benzene rings is 3. The third-order valence-corrected chi connectivity index (χ3v) is 4.59. The van der Waals surface area contributed by atoms with Gasteiger partial charge in [0.2, 0.25) is 5.91 Å². The zero-order valence-corrected chi connectivity index (χ0v) is 16.0. The third kappa shape index (κ3) is 5.51. The van der Waals surface area contributed by atoms with Crippen molar-refractivity contribution in [2.24, 2.45) is 0 Å². The molecule has 0 radical (unpaired) electrons. The molecular weight excluding hydrogens is 401 g/mol. The number of anilines is 2. The molecule has 0 aromatic heterocycles. The van der Waals surface area contributed by atoms with Gasteiger partial charge in [0.1, 0.15) is 0 Å². The number of carbonyl (C=O) groups is 1. The van der Waals surface area contributed by atoms with Gasteiger partial charge in [0.15, 0.2) is 0 Å². The fourth-order valence-corrected chi connectivity index (χ4v) is 3.13. The zero-order valence-electron chi connectivity index (χ0n) is 15.3. The summed E-state index contributed by atoms with van der Waals surface area (Å²) in [5.41, 5.74) is 1.40. The minimum absolute atomic E-state index is 0.169. The summed E-state index contributed by atoms with van der Waals surface area (Å²) in [6, 6.07) is 20.7. The molecule has 29 heavy (non-hydrogen) atoms. The molecule has 3 aromatic rings. The molecule has 0 saturated carbocycles. The maximum atomic E-state index is 13.2. The highest BCUT2D eigenvalue weighted by molar-refractivity contribution is 6.34. The summed E-state index contributed by atoms with van der Waals surface area (Å²) in [7, 11) is 0. The van der Waals surface area contributed by atoms with Gasteiger partial charge < -0.3 is 10.6 Å². The van der Waals surface area contributed by atoms with Crippen molar-refractivity contribution in [3.05, 3.63) is 94.5 Å². The molecule has 0 fully saturated rings. The molecular formula is C22H18ClF3N2O. The van der Waals surface area contributed by atoms with E-state index in [1.165, 1.54) is 12.1 Å². The molecule has 0 aliphatic rings. The van der Waals surface area contributed by atoms with Gasteiger partial charge in [-0.05, 0) is 35.7 Å². The molecule has 0 aliphatic heterocycles. The number of halogens is 4. The lowest BCUT2D eigenvalue weighted by atomic mass is 10.0. The van der Waals surface area contributed by atoms with Crippen molar-refractivity contribution in [3.63, 3.8) is 0 Å². The molecule has 0 saturated heterocycles. The Balaban J connectivity index is 1.70. The molecule has 7 heteroatoms. The van der Waals surface area contributed by atoms with Crippen LogP contribution in [0.15, 0.2) is 72.8 Å². The summed E-state index contributed by atoms with van der Waals surface area (Å²) in [5, 5.41) is 5.10. The quantitative estimate of drug-likeness (QED) is 0.515. The van der Waals surface area contributed by atoms with E-state index in [4.69, 9.17) is 11.6 Å². The summed E-state index contributed by atoms with van der Waals surface area (Å²) in [5.74, 6) is -0.627. The number of para-hydroxylation sites is 2. The molecule has 2 N–H and O–H groups in total. The second-order valence-corrected chi connectivity index (χ2v) is 6.79. The molecule has 0 aliphatic carbocycles. The van der Waals surface area contributed by atoms with Crippen LogP contribution in [0.4, 0.5) is 24.5 Å². The molecule has 0 heterocycles. The summed E-state index contributed by atoms with van der Waals surface area (Å²) in [4.78, 5) is 12.3. The van der Waals surface area contributed by atoms with E-state index in [0.29, 0.717) is 6.42 Å². The van der Waals surface area contributed by atoms with Crippen molar-refractivity contribution in [2.75, 3.05) is 17.2 Å². The van der Waals surface area contributed by atoms with Crippen LogP contribution in [0.25, 0.3) is 0 Å². The van der Waals surface area contributed by atoms with Crippen LogP contribution in [0.5, 0.6) is 0 Å². The summed E-state index contributed by atoms with van der Waals surface area (Å²) >= 11 is 5.88. The van der Waals surface area contributed by atoms with Crippen molar-refractivity contribution in [1.82, 2.24) is 0 Å². The van der Waals surface area contributed by atoms with Gasteiger partial charge in [-0.3, -0.25) is 4.79 Å². The van der Waals surface area contributed by atoms with Gasteiger partial charge >= 0.3 is 6.18 Å². The average Bonchev–Trinajstić information content (AvgIpc) is 2.69. The molecule has 1 amide bonds. The highest BCUT2D eigenvalue weighted by Crippen LogP contribution is 2.38. The molecule has 0 bridgehead atoms. The van der Waals surface area contributed by atoms with Crippen LogP contribution in [0.3, 0.4) is 0 Å². The van der Waals surface area contributed by atoms with Crippen LogP contribution in [-0.4, -0.2) is 12.5 Å². The van der Waals surface area contributed by atoms with Crippen LogP contribution in [0.1, 0.15) is 16.7 Å². The minimum atomic E-state index is -4.62. The van der Waals surface area contributed by atoms with Gasteiger partial charge in [-0.1, -0.05) is 66.2 Å². The fourth-order valence-electron chi connectivity index (χ4n) is 2.91. The smallest absolute Gasteiger partial charge is 0.376 e. The van der Waals surface area contributed by atoms with E-state index in [0.717, 1.165) is 22.9 Å². The van der Waals surface area contributed by atoms with Gasteiger partial charge in [-0.2, -0.15) is 13.2 Å². The summed E-state index contributed by atoms with van der Waals surface area (Å²) in [6.45, 7) is -0.200. The predicted molar refractivity (Wildman–Crippen MR) is 109 cm³/mol. The summed E-state index contributed by atoms with van der Waals surface area (Å²) < 4.78 is 39.5. The number of alkyl halides is 3. The van der Waals surface area contributed by atoms with Crippen molar-refractivity contribution < 1.29 is 18.0 Å². The SMILES string of the molecule is O=C(CNc1ccccc1Cc1ccccc1)Nc1c(Cl)cccc1C(F)(F)F. The van der Waals surface area contributed by atoms with Crippen molar-refractivity contribution in [1.29, 1.82) is 0 Å². The fraction of sp³-hybridized carbons (Fsp3) is 0.136. The number of nitrogens with one attached hydrogen (secondary N) is 2. The molecule has 3 nitrogen and oxygen atoms in total. The number of amides is 1. The first kappa shape index (κ1) is 20.7. The lowest BCUT2D eigenvalue weighted by molar-refractivity contribution is -0.137. The van der Waals surface area contributed by atoms with Gasteiger partial charge in [0.05, 0.1) is 22.8 Å². The third-order valence-electron chi connectivity index (χ3n) is 4.28. The zero-order chi connectivity index (χ0) is 20.9. The lowest BCUT2D eigenvalue weighted by Gasteiger charge is -2.16. The van der Waals surface area contributed by atoms with Crippen LogP contribution >= 0.6 is 11.6 Å². The van der Waals surface area contributed by atoms with E-state index in [9.17, 15) is 18.0 Å². The van der Waals surface area contributed by atoms with Gasteiger partial charge in [0.25, 0.3) is 0 Å². The predicted octanol–water partition coefficient (Wildman–Crippen LogP) is 6.00. The monoisotopic (exact) mass is 418 g/mol. The molecule has 0 unspecified atom stereocenters. The van der Waals surface area contributed by atoms with Crippen molar-refractivity contribution >= 4 is 28.9 Å². The van der Waals surface area contributed by atoms with Crippen molar-refractivity contribution in [3.8, 4) is 0 Å². The Morgan fingerprint density at radius 1 is 0.897 bits per heavy atom. The molecule has 3 aromatic carbocycles. The Bertz CT molecular complexity index is 991. The first-order valence-corrected chi connectivity index (χ1v) is 9.23. The van der Waals surface area contributed by atoms with Crippen LogP contribution in [0, 0.1) is 0 Å². The number of carbonyl (C=O) groups excluding carboxylic acids is 1. The van der Waals surface area contributed by atoms with E-state index in [-0.39, 0.29) is 11.6 Å². The standard InChI is InChI=1S/C22H18ClF3N2O/c23-18-11-6-10-17(22(24,25)26)21(18)28-20(29)14-27-19-12-5-4-9-16(19)13-15-7-2-1-3-8-15/h1-12,27H,13-14H2,(H,28,29). The topological polar surface area (TPSA) is 41.1 Å². The number of hydrogen-bond donors (Lipinski definition) is 2. The van der Waals surface area contributed by atoms with Gasteiger partial charge in [-0.15, -0.1) is 0 Å². The first-order valence-electron chi connectivity index (χ1n) is 8.86. The molecule has 0 atom stereocenters. The second kappa shape index (κ2) is 9.01. The molecule has 3 rings (SSSR count). The van der Waals surface area contributed by atoms with Crippen LogP contribution in [0.2, 0.25) is 5.02 Å². The Morgan fingerprint density at radius 3 is 2.31 bits per heavy atom. The molecule has 0 spiro atoms. The largest absolute Gasteiger partial charge is 0.418 e. The van der Waals surface area contributed by atoms with E-state index < -0.39 is 23.3 Å². The lowest BCUT2D eigenvalue weighted by Crippen LogP contribution is -2.24. The highest BCUT2D eigenvalue weighted by atomic mass is 35.5. The van der Waals surface area contributed by atoms with Gasteiger partial charge in [0, 0.05) is 5.69 Å². The first-order chi connectivity index (χ1) is 13.8. The van der Waals surface area contributed by atoms with E-state index in [1.807, 2.05) is 54.6 Å². The van der Waals surface area contributed by atoms with Crippen molar-refractivity contribution in [2.45, 2.75) is 12.6 Å². The minimum Gasteiger partial charge on any atom is -0.376 e. The van der Waals surface area contributed by atoms with E-state index >= 15 is 0 Å². The van der Waals surface area contributed by atoms with Crippen LogP contribution < -0.4 is 10.6 Å². The molecule has 150 valence electrons. The average molecular weight is 419 g/mol. The maximum Gasteiger partial charge on any atom is 0.418 e. The Kier molecular flexibility index (Phi) is 6.44. The van der Waals surface area contributed by atoms with E-state index in [2.05, 4.69) is 10.6 Å². The van der Waals surface area contributed by atoms with Crippen LogP contribution in [-0.2, 0) is 17.4 Å².